The van der Waals surface area contributed by atoms with E-state index in [1.165, 1.54) is 0 Å². The number of hydrogen-bond acceptors (Lipinski definition) is 2. The monoisotopic (exact) mass is 281 g/mol. The van der Waals surface area contributed by atoms with Crippen LogP contribution in [0.3, 0.4) is 0 Å². The van der Waals surface area contributed by atoms with E-state index in [9.17, 15) is 0 Å². The van der Waals surface area contributed by atoms with Crippen molar-refractivity contribution >= 4 is 22.5 Å². The molecule has 13 heavy (non-hydrogen) atoms. The molecule has 4 heteroatoms. The van der Waals surface area contributed by atoms with E-state index >= 15 is 0 Å². The molecule has 0 fully saturated rings. The van der Waals surface area contributed by atoms with Crippen LogP contribution in [0.2, 0.25) is 5.15 Å². The van der Waals surface area contributed by atoms with E-state index in [0.717, 1.165) is 16.7 Å². The molecule has 0 atom stereocenters. The summed E-state index contributed by atoms with van der Waals surface area (Å²) in [6.07, 6.45) is 0. The molecule has 0 N–H and O–H groups in total. The number of pyridine rings is 1. The topological polar surface area (TPSA) is 22.1 Å². The number of halogens is 1. The summed E-state index contributed by atoms with van der Waals surface area (Å²) in [4.78, 5) is 4.16. The van der Waals surface area contributed by atoms with Crippen molar-refractivity contribution in [2.24, 2.45) is 0 Å². The van der Waals surface area contributed by atoms with Crippen molar-refractivity contribution in [3.63, 3.8) is 0 Å². The van der Waals surface area contributed by atoms with Crippen molar-refractivity contribution < 1.29 is 22.2 Å². The zero-order chi connectivity index (χ0) is 9.26. The molecule has 2 aromatic rings. The minimum atomic E-state index is 0.492. The Bertz CT molecular complexity index is 447. The quantitative estimate of drug-likeness (QED) is 0.592. The summed E-state index contributed by atoms with van der Waals surface area (Å²) < 4.78 is 5.07. The maximum atomic E-state index is 5.76. The molecule has 2 nitrogen and oxygen atoms in total. The van der Waals surface area contributed by atoms with Gasteiger partial charge in [0, 0.05) is 0 Å². The van der Waals surface area contributed by atoms with Gasteiger partial charge in [-0.25, -0.2) is 0 Å². The van der Waals surface area contributed by atoms with Crippen LogP contribution in [0.15, 0.2) is 30.3 Å². The van der Waals surface area contributed by atoms with Gasteiger partial charge in [0.15, 0.2) is 0 Å². The summed E-state index contributed by atoms with van der Waals surface area (Å²) in [5, 5.41) is 1.45. The van der Waals surface area contributed by atoms with Crippen molar-refractivity contribution in [2.45, 2.75) is 0 Å². The minimum absolute atomic E-state index is 0.492. The molecule has 0 aliphatic heterocycles. The molecule has 0 spiro atoms. The number of benzene rings is 1. The van der Waals surface area contributed by atoms with Crippen LogP contribution < -0.4 is 3.56 Å². The van der Waals surface area contributed by atoms with Crippen molar-refractivity contribution in [2.75, 3.05) is 0 Å². The van der Waals surface area contributed by atoms with Gasteiger partial charge in [-0.2, -0.15) is 0 Å². The van der Waals surface area contributed by atoms with Crippen molar-refractivity contribution in [1.82, 2.24) is 4.98 Å². The Hall–Kier alpha value is -0.657. The first-order chi connectivity index (χ1) is 6.31. The van der Waals surface area contributed by atoms with Crippen LogP contribution >= 0.6 is 11.6 Å². The number of aromatic nitrogens is 1. The third kappa shape index (κ3) is 1.67. The van der Waals surface area contributed by atoms with Crippen LogP contribution in [0.4, 0.5) is 0 Å². The molecule has 0 aliphatic carbocycles. The van der Waals surface area contributed by atoms with Gasteiger partial charge < -0.3 is 0 Å². The Morgan fingerprint density at radius 2 is 2.08 bits per heavy atom. The summed E-state index contributed by atoms with van der Waals surface area (Å²) in [7, 11) is 0. The molecule has 0 unspecified atom stereocenters. The van der Waals surface area contributed by atoms with Gasteiger partial charge in [0.25, 0.3) is 0 Å². The Kier molecular flexibility index (Phi) is 2.47. The Morgan fingerprint density at radius 3 is 2.85 bits per heavy atom. The molecule has 68 valence electrons. The van der Waals surface area contributed by atoms with Gasteiger partial charge in [-0.15, -0.1) is 0 Å². The average Bonchev–Trinajstić information content (AvgIpc) is 2.16. The van der Waals surface area contributed by atoms with Gasteiger partial charge in [-0.1, -0.05) is 0 Å². The molecule has 0 saturated heterocycles. The van der Waals surface area contributed by atoms with Crippen molar-refractivity contribution in [1.29, 1.82) is 0 Å². The summed E-state index contributed by atoms with van der Waals surface area (Å²) in [6.45, 7) is 0. The molecule has 0 radical (unpaired) electrons. The van der Waals surface area contributed by atoms with Crippen molar-refractivity contribution in [3.8, 4) is 5.75 Å². The first-order valence-electron chi connectivity index (χ1n) is 3.63. The van der Waals surface area contributed by atoms with E-state index in [-0.39, 0.29) is 0 Å². The molecule has 1 heterocycles. The van der Waals surface area contributed by atoms with Crippen LogP contribution in [0.25, 0.3) is 10.9 Å². The van der Waals surface area contributed by atoms with Crippen LogP contribution in [0.5, 0.6) is 5.75 Å². The van der Waals surface area contributed by atoms with E-state index < -0.39 is 0 Å². The predicted octanol–water partition coefficient (Wildman–Crippen LogP) is 2.73. The fourth-order valence-corrected chi connectivity index (χ4v) is 1.61. The van der Waals surface area contributed by atoms with E-state index in [1.54, 1.807) is 6.07 Å². The zero-order valence-corrected chi connectivity index (χ0v) is 8.85. The number of hydrogen-bond donors (Lipinski definition) is 0. The predicted molar refractivity (Wildman–Crippen MR) is 47.4 cm³/mol. The summed E-state index contributed by atoms with van der Waals surface area (Å²) in [5.74, 6) is 0.772. The molecule has 0 aliphatic rings. The third-order valence-electron chi connectivity index (χ3n) is 1.73. The standard InChI is InChI=1S/C9H6ClNO.Rh/c10-9-5-4-6-7(11-9)2-1-3-8(6)12;/h1-5,12H;/q;+1/p-1. The number of rotatable bonds is 1. The zero-order valence-electron chi connectivity index (χ0n) is 6.45. The molecular formula is C9H5ClNORh. The van der Waals surface area contributed by atoms with Gasteiger partial charge >= 0.3 is 90.9 Å². The SMILES string of the molecule is Clc1ccc2c([O][Rh])cccc2n1. The molecule has 1 aromatic carbocycles. The molecule has 0 amide bonds. The fraction of sp³-hybridized carbons (Fsp3) is 0. The van der Waals surface area contributed by atoms with Gasteiger partial charge in [-0.05, 0) is 0 Å². The first-order valence-corrected chi connectivity index (χ1v) is 4.68. The van der Waals surface area contributed by atoms with E-state index in [2.05, 4.69) is 23.6 Å². The van der Waals surface area contributed by atoms with E-state index in [1.807, 2.05) is 24.3 Å². The van der Waals surface area contributed by atoms with Crippen LogP contribution in [0, 0.1) is 0 Å². The number of fused-ring (bicyclic) bond motifs is 1. The first kappa shape index (κ1) is 8.92. The van der Waals surface area contributed by atoms with Crippen LogP contribution in [-0.4, -0.2) is 4.98 Å². The van der Waals surface area contributed by atoms with Gasteiger partial charge in [0.05, 0.1) is 0 Å². The Balaban J connectivity index is 2.77. The van der Waals surface area contributed by atoms with Crippen LogP contribution in [0.1, 0.15) is 0 Å². The second kappa shape index (κ2) is 3.61. The van der Waals surface area contributed by atoms with Gasteiger partial charge in [0.1, 0.15) is 0 Å². The molecule has 2 rings (SSSR count). The normalized spacial score (nSPS) is 10.4. The molecule has 0 saturated carbocycles. The summed E-state index contributed by atoms with van der Waals surface area (Å²) in [6, 6.07) is 9.28. The summed E-state index contributed by atoms with van der Waals surface area (Å²) in [5.41, 5.74) is 0.836. The molecule has 1 aromatic heterocycles. The molecular weight excluding hydrogens is 276 g/mol. The van der Waals surface area contributed by atoms with Crippen LogP contribution in [-0.2, 0) is 18.7 Å². The van der Waals surface area contributed by atoms with Gasteiger partial charge in [-0.3, -0.25) is 0 Å². The summed E-state index contributed by atoms with van der Waals surface area (Å²) >= 11 is 8.16. The average molecular weight is 282 g/mol. The third-order valence-corrected chi connectivity index (χ3v) is 2.30. The van der Waals surface area contributed by atoms with E-state index in [4.69, 9.17) is 15.2 Å². The van der Waals surface area contributed by atoms with Gasteiger partial charge in [0.2, 0.25) is 0 Å². The fourth-order valence-electron chi connectivity index (χ4n) is 1.16. The maximum absolute atomic E-state index is 5.76. The number of nitrogens with zero attached hydrogens (tertiary/aromatic N) is 1. The second-order valence-corrected chi connectivity index (χ2v) is 3.25. The van der Waals surface area contributed by atoms with Crippen molar-refractivity contribution in [3.05, 3.63) is 35.5 Å². The Morgan fingerprint density at radius 1 is 1.23 bits per heavy atom. The second-order valence-electron chi connectivity index (χ2n) is 2.52. The molecule has 0 bridgehead atoms. The Labute approximate surface area is 91.0 Å². The van der Waals surface area contributed by atoms with E-state index in [0.29, 0.717) is 5.15 Å².